The number of hydrogen-bond donors (Lipinski definition) is 2. The van der Waals surface area contributed by atoms with E-state index in [1.165, 1.54) is 0 Å². The predicted molar refractivity (Wildman–Crippen MR) is 83.1 cm³/mol. The molecule has 1 unspecified atom stereocenters. The molecule has 1 atom stereocenters. The quantitative estimate of drug-likeness (QED) is 0.902. The van der Waals surface area contributed by atoms with Gasteiger partial charge in [0, 0.05) is 30.8 Å². The Bertz CT molecular complexity index is 522. The van der Waals surface area contributed by atoms with Crippen molar-refractivity contribution in [3.05, 3.63) is 22.7 Å². The Hall–Kier alpha value is -1.46. The van der Waals surface area contributed by atoms with Gasteiger partial charge in [-0.25, -0.2) is 4.79 Å². The second-order valence-corrected chi connectivity index (χ2v) is 5.78. The molecule has 1 heterocycles. The molecule has 0 spiro atoms. The van der Waals surface area contributed by atoms with Gasteiger partial charge in [-0.1, -0.05) is 11.6 Å². The third-order valence-corrected chi connectivity index (χ3v) is 4.19. The number of carbonyl (C=O) groups is 1. The zero-order chi connectivity index (χ0) is 15.4. The summed E-state index contributed by atoms with van der Waals surface area (Å²) in [5.41, 5.74) is 1.48. The van der Waals surface area contributed by atoms with E-state index in [9.17, 15) is 9.90 Å². The smallest absolute Gasteiger partial charge is 0.321 e. The fraction of sp³-hybridized carbons (Fsp3) is 0.533. The second-order valence-electron chi connectivity index (χ2n) is 5.37. The van der Waals surface area contributed by atoms with Gasteiger partial charge < -0.3 is 20.1 Å². The molecule has 1 aromatic carbocycles. The molecule has 1 aliphatic heterocycles. The lowest BCUT2D eigenvalue weighted by Crippen LogP contribution is -2.43. The number of rotatable bonds is 3. The van der Waals surface area contributed by atoms with Gasteiger partial charge in [0.25, 0.3) is 0 Å². The van der Waals surface area contributed by atoms with Gasteiger partial charge in [-0.05, 0) is 37.3 Å². The Morgan fingerprint density at radius 1 is 1.57 bits per heavy atom. The van der Waals surface area contributed by atoms with Crippen molar-refractivity contribution in [3.63, 3.8) is 0 Å². The van der Waals surface area contributed by atoms with Crippen LogP contribution in [0.4, 0.5) is 10.5 Å². The van der Waals surface area contributed by atoms with Crippen LogP contribution in [0.1, 0.15) is 18.4 Å². The summed E-state index contributed by atoms with van der Waals surface area (Å²) in [6, 6.07) is 3.32. The minimum absolute atomic E-state index is 0.118. The topological polar surface area (TPSA) is 61.8 Å². The number of ether oxygens (including phenoxy) is 1. The van der Waals surface area contributed by atoms with Crippen molar-refractivity contribution in [3.8, 4) is 5.75 Å². The summed E-state index contributed by atoms with van der Waals surface area (Å²) in [6.07, 6.45) is 1.87. The summed E-state index contributed by atoms with van der Waals surface area (Å²) in [5.74, 6) is 0.702. The number of halogens is 1. The molecule has 0 bridgehead atoms. The van der Waals surface area contributed by atoms with Crippen LogP contribution in [0.2, 0.25) is 5.02 Å². The Balaban J connectivity index is 2.10. The number of nitrogens with zero attached hydrogens (tertiary/aromatic N) is 1. The van der Waals surface area contributed by atoms with Crippen molar-refractivity contribution in [1.82, 2.24) is 4.90 Å². The van der Waals surface area contributed by atoms with E-state index in [1.807, 2.05) is 6.92 Å². The number of aliphatic hydroxyl groups excluding tert-OH is 1. The first-order valence-electron chi connectivity index (χ1n) is 7.06. The largest absolute Gasteiger partial charge is 0.495 e. The van der Waals surface area contributed by atoms with E-state index in [0.29, 0.717) is 29.5 Å². The van der Waals surface area contributed by atoms with E-state index < -0.39 is 0 Å². The van der Waals surface area contributed by atoms with Crippen LogP contribution < -0.4 is 10.1 Å². The summed E-state index contributed by atoms with van der Waals surface area (Å²) >= 11 is 6.06. The first-order chi connectivity index (χ1) is 10.0. The molecule has 0 aliphatic carbocycles. The van der Waals surface area contributed by atoms with E-state index in [2.05, 4.69) is 5.32 Å². The number of piperidine rings is 1. The number of carbonyl (C=O) groups excluding carboxylic acids is 1. The van der Waals surface area contributed by atoms with Gasteiger partial charge in [-0.15, -0.1) is 0 Å². The molecular formula is C15H21ClN2O3. The Labute approximate surface area is 129 Å². The minimum atomic E-state index is -0.173. The Morgan fingerprint density at radius 2 is 2.33 bits per heavy atom. The van der Waals surface area contributed by atoms with Crippen molar-refractivity contribution < 1.29 is 14.6 Å². The highest BCUT2D eigenvalue weighted by Gasteiger charge is 2.23. The molecule has 2 amide bonds. The van der Waals surface area contributed by atoms with E-state index in [-0.39, 0.29) is 18.6 Å². The van der Waals surface area contributed by atoms with Crippen LogP contribution in [0.5, 0.6) is 5.75 Å². The molecule has 0 aromatic heterocycles. The standard InChI is InChI=1S/C15H21ClN2O3/c1-10-6-13(14(21-2)7-12(10)16)17-15(20)18-5-3-4-11(8-18)9-19/h6-7,11,19H,3-5,8-9H2,1-2H3,(H,17,20). The molecule has 116 valence electrons. The minimum Gasteiger partial charge on any atom is -0.495 e. The van der Waals surface area contributed by atoms with Gasteiger partial charge in [0.05, 0.1) is 12.8 Å². The van der Waals surface area contributed by atoms with Crippen LogP contribution in [0.15, 0.2) is 12.1 Å². The number of aliphatic hydroxyl groups is 1. The third-order valence-electron chi connectivity index (χ3n) is 3.79. The molecule has 21 heavy (non-hydrogen) atoms. The van der Waals surface area contributed by atoms with Crippen LogP contribution in [0.3, 0.4) is 0 Å². The highest BCUT2D eigenvalue weighted by atomic mass is 35.5. The SMILES string of the molecule is COc1cc(Cl)c(C)cc1NC(=O)N1CCCC(CO)C1. The van der Waals surface area contributed by atoms with E-state index in [4.69, 9.17) is 16.3 Å². The molecular weight excluding hydrogens is 292 g/mol. The van der Waals surface area contributed by atoms with Gasteiger partial charge >= 0.3 is 6.03 Å². The van der Waals surface area contributed by atoms with Gasteiger partial charge in [0.2, 0.25) is 0 Å². The summed E-state index contributed by atoms with van der Waals surface area (Å²) in [5, 5.41) is 12.7. The molecule has 1 fully saturated rings. The van der Waals surface area contributed by atoms with Crippen molar-refractivity contribution >= 4 is 23.3 Å². The lowest BCUT2D eigenvalue weighted by atomic mass is 9.99. The molecule has 1 saturated heterocycles. The fourth-order valence-corrected chi connectivity index (χ4v) is 2.68. The highest BCUT2D eigenvalue weighted by molar-refractivity contribution is 6.31. The maximum absolute atomic E-state index is 12.3. The number of likely N-dealkylation sites (tertiary alicyclic amines) is 1. The van der Waals surface area contributed by atoms with E-state index >= 15 is 0 Å². The van der Waals surface area contributed by atoms with Gasteiger partial charge in [-0.2, -0.15) is 0 Å². The van der Waals surface area contributed by atoms with Gasteiger partial charge in [-0.3, -0.25) is 0 Å². The Kier molecular flexibility index (Phi) is 5.31. The van der Waals surface area contributed by atoms with Crippen molar-refractivity contribution in [2.75, 3.05) is 32.1 Å². The number of nitrogens with one attached hydrogen (secondary N) is 1. The Morgan fingerprint density at radius 3 is 3.00 bits per heavy atom. The molecule has 2 N–H and O–H groups in total. The van der Waals surface area contributed by atoms with Crippen LogP contribution >= 0.6 is 11.6 Å². The maximum Gasteiger partial charge on any atom is 0.321 e. The van der Waals surface area contributed by atoms with Crippen molar-refractivity contribution in [2.24, 2.45) is 5.92 Å². The first kappa shape index (κ1) is 15.9. The number of amides is 2. The van der Waals surface area contributed by atoms with E-state index in [0.717, 1.165) is 18.4 Å². The summed E-state index contributed by atoms with van der Waals surface area (Å²) in [6.45, 7) is 3.28. The first-order valence-corrected chi connectivity index (χ1v) is 7.44. The maximum atomic E-state index is 12.3. The summed E-state index contributed by atoms with van der Waals surface area (Å²) < 4.78 is 5.25. The van der Waals surface area contributed by atoms with Crippen molar-refractivity contribution in [2.45, 2.75) is 19.8 Å². The number of hydrogen-bond acceptors (Lipinski definition) is 3. The molecule has 0 saturated carbocycles. The molecule has 2 rings (SSSR count). The van der Waals surface area contributed by atoms with Crippen molar-refractivity contribution in [1.29, 1.82) is 0 Å². The van der Waals surface area contributed by atoms with E-state index in [1.54, 1.807) is 24.1 Å². The molecule has 5 nitrogen and oxygen atoms in total. The van der Waals surface area contributed by atoms with Crippen LogP contribution in [-0.2, 0) is 0 Å². The number of benzene rings is 1. The zero-order valence-corrected chi connectivity index (χ0v) is 13.1. The normalized spacial score (nSPS) is 18.5. The number of anilines is 1. The fourth-order valence-electron chi connectivity index (χ4n) is 2.52. The predicted octanol–water partition coefficient (Wildman–Crippen LogP) is 2.89. The molecule has 6 heteroatoms. The number of urea groups is 1. The lowest BCUT2D eigenvalue weighted by molar-refractivity contribution is 0.136. The number of methoxy groups -OCH3 is 1. The number of aryl methyl sites for hydroxylation is 1. The van der Waals surface area contributed by atoms with Crippen LogP contribution in [0, 0.1) is 12.8 Å². The highest BCUT2D eigenvalue weighted by Crippen LogP contribution is 2.31. The van der Waals surface area contributed by atoms with Gasteiger partial charge in [0.1, 0.15) is 5.75 Å². The second kappa shape index (κ2) is 7.00. The summed E-state index contributed by atoms with van der Waals surface area (Å²) in [4.78, 5) is 14.1. The molecule has 1 aromatic rings. The monoisotopic (exact) mass is 312 g/mol. The van der Waals surface area contributed by atoms with Gasteiger partial charge in [0.15, 0.2) is 0 Å². The molecule has 0 radical (unpaired) electrons. The average Bonchev–Trinajstić information content (AvgIpc) is 2.50. The average molecular weight is 313 g/mol. The van der Waals surface area contributed by atoms with Crippen LogP contribution in [0.25, 0.3) is 0 Å². The molecule has 1 aliphatic rings. The zero-order valence-electron chi connectivity index (χ0n) is 12.4. The summed E-state index contributed by atoms with van der Waals surface area (Å²) in [7, 11) is 1.54. The lowest BCUT2D eigenvalue weighted by Gasteiger charge is -2.32. The third kappa shape index (κ3) is 3.80. The van der Waals surface area contributed by atoms with Crippen LogP contribution in [-0.4, -0.2) is 42.8 Å².